The first-order valence-corrected chi connectivity index (χ1v) is 6.77. The van der Waals surface area contributed by atoms with Crippen LogP contribution < -0.4 is 11.2 Å². The number of nitrogens with one attached hydrogen (secondary N) is 1. The van der Waals surface area contributed by atoms with Crippen molar-refractivity contribution in [3.05, 3.63) is 57.2 Å². The van der Waals surface area contributed by atoms with Gasteiger partial charge in [0, 0.05) is 14.7 Å². The van der Waals surface area contributed by atoms with Crippen LogP contribution in [0.3, 0.4) is 0 Å². The molecule has 0 radical (unpaired) electrons. The number of primary amides is 1. The van der Waals surface area contributed by atoms with Gasteiger partial charge in [0.2, 0.25) is 0 Å². The van der Waals surface area contributed by atoms with Gasteiger partial charge in [0.05, 0.1) is 5.71 Å². The summed E-state index contributed by atoms with van der Waals surface area (Å²) in [5.41, 5.74) is 12.4. The zero-order valence-corrected chi connectivity index (χ0v) is 12.0. The average molecular weight is 363 g/mol. The molecule has 3 rings (SSSR count). The van der Waals surface area contributed by atoms with Crippen LogP contribution in [0.25, 0.3) is 11.1 Å². The zero-order valence-electron chi connectivity index (χ0n) is 9.85. The van der Waals surface area contributed by atoms with Crippen molar-refractivity contribution in [3.8, 4) is 11.1 Å². The predicted octanol–water partition coefficient (Wildman–Crippen LogP) is 2.69. The van der Waals surface area contributed by atoms with Crippen molar-refractivity contribution >= 4 is 34.3 Å². The highest BCUT2D eigenvalue weighted by Gasteiger charge is 2.24. The van der Waals surface area contributed by atoms with Crippen molar-refractivity contribution in [2.24, 2.45) is 10.8 Å². The SMILES string of the molecule is NC(=O)N/N=C1\c2ccccc2-c2ccc(I)cc21. The Balaban J connectivity index is 2.22. The largest absolute Gasteiger partial charge is 0.350 e. The molecule has 0 fully saturated rings. The number of benzene rings is 2. The van der Waals surface area contributed by atoms with Gasteiger partial charge in [-0.25, -0.2) is 10.2 Å². The smallest absolute Gasteiger partial charge is 0.332 e. The number of nitrogens with zero attached hydrogens (tertiary/aromatic N) is 1. The maximum atomic E-state index is 10.8. The molecule has 3 N–H and O–H groups in total. The molecule has 5 heteroatoms. The number of halogens is 1. The molecule has 0 unspecified atom stereocenters. The van der Waals surface area contributed by atoms with Crippen molar-refractivity contribution < 1.29 is 4.79 Å². The highest BCUT2D eigenvalue weighted by atomic mass is 127. The van der Waals surface area contributed by atoms with Gasteiger partial charge in [-0.1, -0.05) is 30.3 Å². The fourth-order valence-corrected chi connectivity index (χ4v) is 2.74. The molecule has 1 aliphatic rings. The molecule has 0 aliphatic heterocycles. The zero-order chi connectivity index (χ0) is 13.4. The highest BCUT2D eigenvalue weighted by Crippen LogP contribution is 2.37. The van der Waals surface area contributed by atoms with Gasteiger partial charge in [-0.15, -0.1) is 0 Å². The van der Waals surface area contributed by atoms with Gasteiger partial charge in [-0.2, -0.15) is 5.10 Å². The molecule has 0 bridgehead atoms. The van der Waals surface area contributed by atoms with E-state index < -0.39 is 6.03 Å². The number of carbonyl (C=O) groups excluding carboxylic acids is 1. The molecule has 0 spiro atoms. The molecule has 94 valence electrons. The van der Waals surface area contributed by atoms with E-state index in [9.17, 15) is 4.79 Å². The van der Waals surface area contributed by atoms with Crippen molar-refractivity contribution in [3.63, 3.8) is 0 Å². The quantitative estimate of drug-likeness (QED) is 0.507. The Morgan fingerprint density at radius 3 is 2.47 bits per heavy atom. The first kappa shape index (κ1) is 12.2. The Bertz CT molecular complexity index is 710. The molecule has 4 nitrogen and oxygen atoms in total. The average Bonchev–Trinajstić information content (AvgIpc) is 2.69. The van der Waals surface area contributed by atoms with E-state index in [-0.39, 0.29) is 0 Å². The van der Waals surface area contributed by atoms with Crippen LogP contribution in [-0.2, 0) is 0 Å². The van der Waals surface area contributed by atoms with Crippen molar-refractivity contribution in [2.75, 3.05) is 0 Å². The third-order valence-corrected chi connectivity index (χ3v) is 3.66. The molecule has 0 atom stereocenters. The Kier molecular flexibility index (Phi) is 2.98. The van der Waals surface area contributed by atoms with E-state index in [4.69, 9.17) is 5.73 Å². The minimum atomic E-state index is -0.663. The molecule has 1 aliphatic carbocycles. The number of rotatable bonds is 1. The van der Waals surface area contributed by atoms with Crippen LogP contribution in [0.2, 0.25) is 0 Å². The molecule has 0 saturated heterocycles. The van der Waals surface area contributed by atoms with Crippen molar-refractivity contribution in [1.82, 2.24) is 5.43 Å². The minimum Gasteiger partial charge on any atom is -0.350 e. The molecular formula is C14H10IN3O. The molecular weight excluding hydrogens is 353 g/mol. The lowest BCUT2D eigenvalue weighted by molar-refractivity contribution is 0.249. The van der Waals surface area contributed by atoms with Crippen LogP contribution in [0, 0.1) is 3.57 Å². The minimum absolute atomic E-state index is 0.663. The Hall–Kier alpha value is -1.89. The number of hydrazone groups is 1. The van der Waals surface area contributed by atoms with E-state index in [1.807, 2.05) is 24.3 Å². The number of carbonyl (C=O) groups is 1. The fourth-order valence-electron chi connectivity index (χ4n) is 2.25. The summed E-state index contributed by atoms with van der Waals surface area (Å²) >= 11 is 2.26. The maximum Gasteiger partial charge on any atom is 0.332 e. The summed E-state index contributed by atoms with van der Waals surface area (Å²) in [5.74, 6) is 0. The summed E-state index contributed by atoms with van der Waals surface area (Å²) in [5, 5.41) is 4.14. The number of fused-ring (bicyclic) bond motifs is 3. The number of nitrogens with two attached hydrogens (primary N) is 1. The summed E-state index contributed by atoms with van der Waals surface area (Å²) in [4.78, 5) is 10.8. The number of amides is 2. The van der Waals surface area contributed by atoms with Gasteiger partial charge >= 0.3 is 6.03 Å². The second-order valence-corrected chi connectivity index (χ2v) is 5.42. The lowest BCUT2D eigenvalue weighted by atomic mass is 10.1. The highest BCUT2D eigenvalue weighted by molar-refractivity contribution is 14.1. The molecule has 0 saturated carbocycles. The van der Waals surface area contributed by atoms with E-state index >= 15 is 0 Å². The van der Waals surface area contributed by atoms with Gasteiger partial charge in [0.25, 0.3) is 0 Å². The number of hydrogen-bond donors (Lipinski definition) is 2. The van der Waals surface area contributed by atoms with E-state index in [0.29, 0.717) is 0 Å². The van der Waals surface area contributed by atoms with E-state index in [0.717, 1.165) is 31.5 Å². The van der Waals surface area contributed by atoms with Crippen LogP contribution in [0.5, 0.6) is 0 Å². The molecule has 0 aromatic heterocycles. The Labute approximate surface area is 123 Å². The third-order valence-electron chi connectivity index (χ3n) is 2.99. The predicted molar refractivity (Wildman–Crippen MR) is 83.0 cm³/mol. The maximum absolute atomic E-state index is 10.8. The van der Waals surface area contributed by atoms with Gasteiger partial charge in [0.15, 0.2) is 0 Å². The van der Waals surface area contributed by atoms with Gasteiger partial charge < -0.3 is 5.73 Å². The molecule has 2 aromatic rings. The number of hydrogen-bond acceptors (Lipinski definition) is 2. The normalized spacial score (nSPS) is 14.1. The lowest BCUT2D eigenvalue weighted by Crippen LogP contribution is -2.25. The summed E-state index contributed by atoms with van der Waals surface area (Å²) in [6.45, 7) is 0. The Morgan fingerprint density at radius 2 is 1.74 bits per heavy atom. The topological polar surface area (TPSA) is 67.5 Å². The first-order chi connectivity index (χ1) is 9.16. The van der Waals surface area contributed by atoms with Crippen LogP contribution in [0.1, 0.15) is 11.1 Å². The summed E-state index contributed by atoms with van der Waals surface area (Å²) in [6.07, 6.45) is 0. The molecule has 2 amide bonds. The van der Waals surface area contributed by atoms with Gasteiger partial charge in [-0.3, -0.25) is 0 Å². The third kappa shape index (κ3) is 2.10. The van der Waals surface area contributed by atoms with Crippen LogP contribution >= 0.6 is 22.6 Å². The summed E-state index contributed by atoms with van der Waals surface area (Å²) in [7, 11) is 0. The first-order valence-electron chi connectivity index (χ1n) is 5.69. The van der Waals surface area contributed by atoms with Crippen LogP contribution in [0.15, 0.2) is 47.6 Å². The van der Waals surface area contributed by atoms with Gasteiger partial charge in [-0.05, 0) is 45.9 Å². The van der Waals surface area contributed by atoms with Crippen molar-refractivity contribution in [2.45, 2.75) is 0 Å². The van der Waals surface area contributed by atoms with E-state index in [1.165, 1.54) is 0 Å². The summed E-state index contributed by atoms with van der Waals surface area (Å²) in [6, 6.07) is 13.5. The second kappa shape index (κ2) is 4.65. The van der Waals surface area contributed by atoms with Crippen molar-refractivity contribution in [1.29, 1.82) is 0 Å². The summed E-state index contributed by atoms with van der Waals surface area (Å²) < 4.78 is 1.12. The van der Waals surface area contributed by atoms with Crippen LogP contribution in [-0.4, -0.2) is 11.7 Å². The fraction of sp³-hybridized carbons (Fsp3) is 0. The van der Waals surface area contributed by atoms with E-state index in [2.05, 4.69) is 51.3 Å². The molecule has 0 heterocycles. The molecule has 2 aromatic carbocycles. The lowest BCUT2D eigenvalue weighted by Gasteiger charge is -2.02. The Morgan fingerprint density at radius 1 is 1.05 bits per heavy atom. The second-order valence-electron chi connectivity index (χ2n) is 4.17. The molecule has 19 heavy (non-hydrogen) atoms. The van der Waals surface area contributed by atoms with E-state index in [1.54, 1.807) is 0 Å². The monoisotopic (exact) mass is 363 g/mol. The number of urea groups is 1. The van der Waals surface area contributed by atoms with Gasteiger partial charge in [0.1, 0.15) is 0 Å². The standard InChI is InChI=1S/C14H10IN3O/c15-8-5-6-10-9-3-1-2-4-11(9)13(12(10)7-8)17-18-14(16)19/h1-7H,(H3,16,18,19)/b17-13+. The van der Waals surface area contributed by atoms with Crippen LogP contribution in [0.4, 0.5) is 4.79 Å².